The summed E-state index contributed by atoms with van der Waals surface area (Å²) in [5, 5.41) is 3.26. The molecule has 1 N–H and O–H groups in total. The fraction of sp³-hybridized carbons (Fsp3) is 0.538. The van der Waals surface area contributed by atoms with Crippen molar-refractivity contribution in [2.24, 2.45) is 0 Å². The van der Waals surface area contributed by atoms with E-state index in [-0.39, 0.29) is 5.82 Å². The number of nitrogens with one attached hydrogen (secondary N) is 1. The van der Waals surface area contributed by atoms with E-state index >= 15 is 0 Å². The Morgan fingerprint density at radius 3 is 2.56 bits per heavy atom. The van der Waals surface area contributed by atoms with E-state index in [0.29, 0.717) is 18.6 Å². The van der Waals surface area contributed by atoms with Crippen LogP contribution in [0.3, 0.4) is 0 Å². The van der Waals surface area contributed by atoms with Crippen LogP contribution in [0.5, 0.6) is 0 Å². The second-order valence-corrected chi connectivity index (χ2v) is 4.67. The molecule has 1 aromatic carbocycles. The van der Waals surface area contributed by atoms with Crippen molar-refractivity contribution in [3.63, 3.8) is 0 Å². The maximum absolute atomic E-state index is 13.6. The summed E-state index contributed by atoms with van der Waals surface area (Å²) in [6.07, 6.45) is 0. The van der Waals surface area contributed by atoms with Crippen molar-refractivity contribution >= 4 is 0 Å². The van der Waals surface area contributed by atoms with Crippen LogP contribution >= 0.6 is 0 Å². The molecule has 1 fully saturated rings. The van der Waals surface area contributed by atoms with Crippen LogP contribution in [0, 0.1) is 5.82 Å². The molecule has 1 aliphatic heterocycles. The van der Waals surface area contributed by atoms with Crippen LogP contribution in [0.2, 0.25) is 0 Å². The summed E-state index contributed by atoms with van der Waals surface area (Å²) in [5.41, 5.74) is 0.795. The number of benzene rings is 1. The molecule has 3 heteroatoms. The van der Waals surface area contributed by atoms with Gasteiger partial charge in [-0.3, -0.25) is 4.90 Å². The van der Waals surface area contributed by atoms with Crippen LogP contribution in [0.15, 0.2) is 24.3 Å². The van der Waals surface area contributed by atoms with Crippen molar-refractivity contribution in [3.8, 4) is 0 Å². The first-order chi connectivity index (χ1) is 7.68. The van der Waals surface area contributed by atoms with E-state index in [2.05, 4.69) is 24.1 Å². The lowest BCUT2D eigenvalue weighted by molar-refractivity contribution is 0.101. The molecule has 0 saturated carbocycles. The molecule has 1 aromatic rings. The molecule has 0 unspecified atom stereocenters. The van der Waals surface area contributed by atoms with Gasteiger partial charge in [-0.25, -0.2) is 4.39 Å². The number of hydrogen-bond acceptors (Lipinski definition) is 2. The third-order valence-electron chi connectivity index (χ3n) is 3.20. The monoisotopic (exact) mass is 222 g/mol. The zero-order valence-electron chi connectivity index (χ0n) is 9.91. The molecule has 88 valence electrons. The first kappa shape index (κ1) is 11.6. The summed E-state index contributed by atoms with van der Waals surface area (Å²) in [6, 6.07) is 8.05. The van der Waals surface area contributed by atoms with E-state index in [1.165, 1.54) is 6.07 Å². The van der Waals surface area contributed by atoms with E-state index in [1.807, 2.05) is 12.1 Å². The van der Waals surface area contributed by atoms with E-state index in [0.717, 1.165) is 18.7 Å². The predicted octanol–water partition coefficient (Wildman–Crippen LogP) is 2.01. The zero-order valence-corrected chi connectivity index (χ0v) is 9.91. The lowest BCUT2D eigenvalue weighted by Crippen LogP contribution is -2.58. The van der Waals surface area contributed by atoms with Gasteiger partial charge < -0.3 is 5.32 Å². The van der Waals surface area contributed by atoms with Gasteiger partial charge in [0.1, 0.15) is 5.82 Å². The molecule has 1 heterocycles. The summed E-state index contributed by atoms with van der Waals surface area (Å²) >= 11 is 0. The highest BCUT2D eigenvalue weighted by Gasteiger charge is 2.26. The van der Waals surface area contributed by atoms with Crippen molar-refractivity contribution in [2.75, 3.05) is 13.1 Å². The van der Waals surface area contributed by atoms with E-state index in [9.17, 15) is 4.39 Å². The van der Waals surface area contributed by atoms with Gasteiger partial charge in [0, 0.05) is 37.3 Å². The van der Waals surface area contributed by atoms with E-state index in [4.69, 9.17) is 0 Å². The van der Waals surface area contributed by atoms with Gasteiger partial charge in [0.25, 0.3) is 0 Å². The van der Waals surface area contributed by atoms with Crippen molar-refractivity contribution < 1.29 is 4.39 Å². The average molecular weight is 222 g/mol. The van der Waals surface area contributed by atoms with Gasteiger partial charge in [0.05, 0.1) is 0 Å². The summed E-state index contributed by atoms with van der Waals surface area (Å²) in [4.78, 5) is 2.36. The molecular formula is C13H19FN2. The normalized spacial score (nSPS) is 16.8. The molecule has 1 saturated heterocycles. The average Bonchev–Trinajstić information content (AvgIpc) is 2.17. The Hall–Kier alpha value is -0.930. The fourth-order valence-corrected chi connectivity index (χ4v) is 2.06. The molecular weight excluding hydrogens is 203 g/mol. The number of hydrogen-bond donors (Lipinski definition) is 1. The first-order valence-corrected chi connectivity index (χ1v) is 5.88. The van der Waals surface area contributed by atoms with Crippen LogP contribution in [0.1, 0.15) is 19.4 Å². The molecule has 2 rings (SSSR count). The Labute approximate surface area is 96.5 Å². The summed E-state index contributed by atoms with van der Waals surface area (Å²) in [5.74, 6) is -0.0968. The van der Waals surface area contributed by atoms with Crippen LogP contribution in [-0.4, -0.2) is 30.1 Å². The fourth-order valence-electron chi connectivity index (χ4n) is 2.06. The van der Waals surface area contributed by atoms with Gasteiger partial charge >= 0.3 is 0 Å². The Morgan fingerprint density at radius 1 is 1.38 bits per heavy atom. The molecule has 0 radical (unpaired) electrons. The topological polar surface area (TPSA) is 15.3 Å². The van der Waals surface area contributed by atoms with Crippen LogP contribution < -0.4 is 5.32 Å². The smallest absolute Gasteiger partial charge is 0.127 e. The Kier molecular flexibility index (Phi) is 3.56. The van der Waals surface area contributed by atoms with Crippen molar-refractivity contribution in [3.05, 3.63) is 35.6 Å². The van der Waals surface area contributed by atoms with Gasteiger partial charge in [0.2, 0.25) is 0 Å². The van der Waals surface area contributed by atoms with E-state index < -0.39 is 0 Å². The Morgan fingerprint density at radius 2 is 2.06 bits per heavy atom. The van der Waals surface area contributed by atoms with Gasteiger partial charge in [-0.15, -0.1) is 0 Å². The summed E-state index contributed by atoms with van der Waals surface area (Å²) in [7, 11) is 0. The van der Waals surface area contributed by atoms with Gasteiger partial charge in [0.15, 0.2) is 0 Å². The molecule has 2 nitrogen and oxygen atoms in total. The lowest BCUT2D eigenvalue weighted by atomic mass is 10.1. The van der Waals surface area contributed by atoms with Crippen LogP contribution in [0.25, 0.3) is 0 Å². The third kappa shape index (κ3) is 2.42. The van der Waals surface area contributed by atoms with Crippen molar-refractivity contribution in [1.82, 2.24) is 10.2 Å². The standard InChI is InChI=1S/C13H19FN2/c1-10(2)16(12-7-15-8-12)9-11-5-3-4-6-13(11)14/h3-6,10,12,15H,7-9H2,1-2H3. The minimum atomic E-state index is -0.0968. The van der Waals surface area contributed by atoms with Gasteiger partial charge in [-0.05, 0) is 19.9 Å². The molecule has 16 heavy (non-hydrogen) atoms. The minimum absolute atomic E-state index is 0.0968. The van der Waals surface area contributed by atoms with Crippen molar-refractivity contribution in [2.45, 2.75) is 32.5 Å². The molecule has 1 aliphatic rings. The highest BCUT2D eigenvalue weighted by molar-refractivity contribution is 5.17. The van der Waals surface area contributed by atoms with Crippen molar-refractivity contribution in [1.29, 1.82) is 0 Å². The van der Waals surface area contributed by atoms with Gasteiger partial charge in [-0.1, -0.05) is 18.2 Å². The maximum atomic E-state index is 13.6. The highest BCUT2D eigenvalue weighted by atomic mass is 19.1. The first-order valence-electron chi connectivity index (χ1n) is 5.88. The number of nitrogens with zero attached hydrogens (tertiary/aromatic N) is 1. The molecule has 0 atom stereocenters. The maximum Gasteiger partial charge on any atom is 0.127 e. The Balaban J connectivity index is 2.08. The predicted molar refractivity (Wildman–Crippen MR) is 63.7 cm³/mol. The highest BCUT2D eigenvalue weighted by Crippen LogP contribution is 2.16. The molecule has 0 bridgehead atoms. The minimum Gasteiger partial charge on any atom is -0.314 e. The largest absolute Gasteiger partial charge is 0.314 e. The molecule has 0 aromatic heterocycles. The second-order valence-electron chi connectivity index (χ2n) is 4.67. The third-order valence-corrected chi connectivity index (χ3v) is 3.20. The zero-order chi connectivity index (χ0) is 11.5. The van der Waals surface area contributed by atoms with E-state index in [1.54, 1.807) is 6.07 Å². The lowest BCUT2D eigenvalue weighted by Gasteiger charge is -2.40. The van der Waals surface area contributed by atoms with Gasteiger partial charge in [-0.2, -0.15) is 0 Å². The number of halogens is 1. The summed E-state index contributed by atoms with van der Waals surface area (Å²) < 4.78 is 13.6. The Bertz CT molecular complexity index is 348. The summed E-state index contributed by atoms with van der Waals surface area (Å²) in [6.45, 7) is 7.08. The SMILES string of the molecule is CC(C)N(Cc1ccccc1F)C1CNC1. The quantitative estimate of drug-likeness (QED) is 0.838. The number of rotatable bonds is 4. The second kappa shape index (κ2) is 4.93. The van der Waals surface area contributed by atoms with Crippen LogP contribution in [-0.2, 0) is 6.54 Å². The molecule has 0 aliphatic carbocycles. The molecule has 0 amide bonds. The van der Waals surface area contributed by atoms with Crippen LogP contribution in [0.4, 0.5) is 4.39 Å². The molecule has 0 spiro atoms.